The summed E-state index contributed by atoms with van der Waals surface area (Å²) >= 11 is 0. The van der Waals surface area contributed by atoms with Gasteiger partial charge in [0.05, 0.1) is 24.1 Å². The van der Waals surface area contributed by atoms with E-state index in [4.69, 9.17) is 4.74 Å². The van der Waals surface area contributed by atoms with E-state index in [0.29, 0.717) is 11.4 Å². The maximum absolute atomic E-state index is 13.2. The van der Waals surface area contributed by atoms with Crippen molar-refractivity contribution in [1.82, 2.24) is 9.78 Å². The summed E-state index contributed by atoms with van der Waals surface area (Å²) in [4.78, 5) is 0. The van der Waals surface area contributed by atoms with Crippen molar-refractivity contribution in [2.45, 2.75) is 26.9 Å². The summed E-state index contributed by atoms with van der Waals surface area (Å²) in [6.07, 6.45) is -4.47. The largest absolute Gasteiger partial charge is 0.497 e. The van der Waals surface area contributed by atoms with Crippen molar-refractivity contribution in [3.05, 3.63) is 40.7 Å². The van der Waals surface area contributed by atoms with Gasteiger partial charge in [0.1, 0.15) is 5.75 Å². The molecule has 1 aromatic carbocycles. The van der Waals surface area contributed by atoms with Crippen LogP contribution in [0.5, 0.6) is 5.75 Å². The van der Waals surface area contributed by atoms with Gasteiger partial charge in [0.25, 0.3) is 0 Å². The highest BCUT2D eigenvalue weighted by atomic mass is 19.4. The quantitative estimate of drug-likeness (QED) is 0.838. The van der Waals surface area contributed by atoms with Crippen molar-refractivity contribution < 1.29 is 17.9 Å². The van der Waals surface area contributed by atoms with Crippen LogP contribution in [-0.4, -0.2) is 16.9 Å². The van der Waals surface area contributed by atoms with Crippen LogP contribution in [-0.2, 0) is 6.18 Å². The third kappa shape index (κ3) is 2.37. The van der Waals surface area contributed by atoms with Crippen LogP contribution >= 0.6 is 0 Å². The monoisotopic (exact) mass is 284 g/mol. The molecule has 0 spiro atoms. The molecule has 0 atom stereocenters. The normalized spacial score (nSPS) is 11.8. The smallest absolute Gasteiger partial charge is 0.418 e. The van der Waals surface area contributed by atoms with Crippen molar-refractivity contribution in [3.8, 4) is 11.4 Å². The van der Waals surface area contributed by atoms with Crippen LogP contribution in [0.25, 0.3) is 5.69 Å². The fourth-order valence-electron chi connectivity index (χ4n) is 2.01. The van der Waals surface area contributed by atoms with Crippen LogP contribution in [0.3, 0.4) is 0 Å². The van der Waals surface area contributed by atoms with Crippen LogP contribution < -0.4 is 4.74 Å². The number of methoxy groups -OCH3 is 1. The van der Waals surface area contributed by atoms with Gasteiger partial charge in [0.2, 0.25) is 0 Å². The van der Waals surface area contributed by atoms with Gasteiger partial charge in [-0.1, -0.05) is 0 Å². The number of aromatic nitrogens is 2. The molecule has 1 aromatic heterocycles. The Morgan fingerprint density at radius 2 is 1.80 bits per heavy atom. The first-order chi connectivity index (χ1) is 9.25. The lowest BCUT2D eigenvalue weighted by Gasteiger charge is -2.15. The first kappa shape index (κ1) is 14.4. The molecule has 2 aromatic rings. The molecule has 0 radical (unpaired) electrons. The van der Waals surface area contributed by atoms with Crippen molar-refractivity contribution >= 4 is 0 Å². The number of benzene rings is 1. The third-order valence-electron chi connectivity index (χ3n) is 3.39. The molecule has 0 saturated heterocycles. The molecule has 20 heavy (non-hydrogen) atoms. The van der Waals surface area contributed by atoms with E-state index in [1.165, 1.54) is 23.9 Å². The Morgan fingerprint density at radius 3 is 2.25 bits per heavy atom. The minimum Gasteiger partial charge on any atom is -0.497 e. The van der Waals surface area contributed by atoms with Gasteiger partial charge in [-0.25, -0.2) is 4.68 Å². The molecule has 0 aliphatic carbocycles. The number of nitrogens with zero attached hydrogens (tertiary/aromatic N) is 2. The molecule has 6 heteroatoms. The second-order valence-corrected chi connectivity index (χ2v) is 4.59. The topological polar surface area (TPSA) is 27.1 Å². The highest BCUT2D eigenvalue weighted by Crippen LogP contribution is 2.36. The van der Waals surface area contributed by atoms with E-state index in [1.54, 1.807) is 13.8 Å². The number of alkyl halides is 3. The highest BCUT2D eigenvalue weighted by Gasteiger charge is 2.35. The molecule has 0 aliphatic rings. The SMILES string of the molecule is COc1ccc(-n2nc(C)c(C)c2C)c(C(F)(F)F)c1. The maximum Gasteiger partial charge on any atom is 0.418 e. The number of hydrogen-bond donors (Lipinski definition) is 0. The van der Waals surface area contributed by atoms with E-state index in [-0.39, 0.29) is 11.4 Å². The van der Waals surface area contributed by atoms with Crippen molar-refractivity contribution in [2.75, 3.05) is 7.11 Å². The van der Waals surface area contributed by atoms with E-state index in [1.807, 2.05) is 6.92 Å². The zero-order valence-electron chi connectivity index (χ0n) is 11.7. The average molecular weight is 284 g/mol. The van der Waals surface area contributed by atoms with Crippen LogP contribution in [0.4, 0.5) is 13.2 Å². The van der Waals surface area contributed by atoms with E-state index in [0.717, 1.165) is 11.6 Å². The molecule has 0 N–H and O–H groups in total. The van der Waals surface area contributed by atoms with E-state index < -0.39 is 11.7 Å². The van der Waals surface area contributed by atoms with Gasteiger partial charge in [-0.05, 0) is 44.5 Å². The zero-order chi connectivity index (χ0) is 15.1. The maximum atomic E-state index is 13.2. The predicted molar refractivity (Wildman–Crippen MR) is 69.3 cm³/mol. The number of ether oxygens (including phenoxy) is 1. The summed E-state index contributed by atoms with van der Waals surface area (Å²) in [5, 5.41) is 4.19. The summed E-state index contributed by atoms with van der Waals surface area (Å²) in [6.45, 7) is 5.36. The number of halogens is 3. The fraction of sp³-hybridized carbons (Fsp3) is 0.357. The van der Waals surface area contributed by atoms with Gasteiger partial charge >= 0.3 is 6.18 Å². The summed E-state index contributed by atoms with van der Waals surface area (Å²) in [5.41, 5.74) is 1.54. The molecule has 0 aliphatic heterocycles. The predicted octanol–water partition coefficient (Wildman–Crippen LogP) is 3.82. The molecule has 3 nitrogen and oxygen atoms in total. The second-order valence-electron chi connectivity index (χ2n) is 4.59. The van der Waals surface area contributed by atoms with Gasteiger partial charge in [-0.2, -0.15) is 18.3 Å². The van der Waals surface area contributed by atoms with Crippen LogP contribution in [0, 0.1) is 20.8 Å². The van der Waals surface area contributed by atoms with E-state index in [9.17, 15) is 13.2 Å². The Labute approximate surface area is 115 Å². The molecular weight excluding hydrogens is 269 g/mol. The van der Waals surface area contributed by atoms with Crippen molar-refractivity contribution in [3.63, 3.8) is 0 Å². The molecule has 0 fully saturated rings. The van der Waals surface area contributed by atoms with Gasteiger partial charge in [-0.15, -0.1) is 0 Å². The van der Waals surface area contributed by atoms with Crippen LogP contribution in [0.1, 0.15) is 22.5 Å². The van der Waals surface area contributed by atoms with Crippen LogP contribution in [0.2, 0.25) is 0 Å². The Balaban J connectivity index is 2.70. The number of aryl methyl sites for hydroxylation is 1. The molecule has 1 heterocycles. The van der Waals surface area contributed by atoms with Gasteiger partial charge in [0.15, 0.2) is 0 Å². The van der Waals surface area contributed by atoms with Crippen LogP contribution in [0.15, 0.2) is 18.2 Å². The molecule has 108 valence electrons. The fourth-order valence-corrected chi connectivity index (χ4v) is 2.01. The van der Waals surface area contributed by atoms with Gasteiger partial charge < -0.3 is 4.74 Å². The molecule has 0 amide bonds. The molecule has 2 rings (SSSR count). The standard InChI is InChI=1S/C14H15F3N2O/c1-8-9(2)18-19(10(8)3)13-6-5-11(20-4)7-12(13)14(15,16)17/h5-7H,1-4H3. The first-order valence-corrected chi connectivity index (χ1v) is 6.04. The van der Waals surface area contributed by atoms with Crippen molar-refractivity contribution in [2.24, 2.45) is 0 Å². The zero-order valence-corrected chi connectivity index (χ0v) is 11.7. The molecule has 0 bridgehead atoms. The lowest BCUT2D eigenvalue weighted by atomic mass is 10.1. The third-order valence-corrected chi connectivity index (χ3v) is 3.39. The van der Waals surface area contributed by atoms with Gasteiger partial charge in [0, 0.05) is 5.69 Å². The summed E-state index contributed by atoms with van der Waals surface area (Å²) < 4.78 is 45.8. The second kappa shape index (κ2) is 4.85. The number of hydrogen-bond acceptors (Lipinski definition) is 2. The summed E-state index contributed by atoms with van der Waals surface area (Å²) in [5.74, 6) is 0.166. The molecular formula is C14H15F3N2O. The minimum absolute atomic E-state index is 0.00648. The van der Waals surface area contributed by atoms with E-state index in [2.05, 4.69) is 5.10 Å². The number of rotatable bonds is 2. The molecule has 0 saturated carbocycles. The Kier molecular flexibility index (Phi) is 3.50. The lowest BCUT2D eigenvalue weighted by molar-refractivity contribution is -0.137. The first-order valence-electron chi connectivity index (χ1n) is 6.04. The Morgan fingerprint density at radius 1 is 1.15 bits per heavy atom. The highest BCUT2D eigenvalue weighted by molar-refractivity contribution is 5.48. The Hall–Kier alpha value is -1.98. The summed E-state index contributed by atoms with van der Waals surface area (Å²) in [6, 6.07) is 3.86. The Bertz CT molecular complexity index is 645. The lowest BCUT2D eigenvalue weighted by Crippen LogP contribution is -2.12. The van der Waals surface area contributed by atoms with Gasteiger partial charge in [-0.3, -0.25) is 0 Å². The van der Waals surface area contributed by atoms with E-state index >= 15 is 0 Å². The molecule has 0 unspecified atom stereocenters. The van der Waals surface area contributed by atoms with Crippen molar-refractivity contribution in [1.29, 1.82) is 0 Å². The summed E-state index contributed by atoms with van der Waals surface area (Å²) in [7, 11) is 1.34. The average Bonchev–Trinajstić information content (AvgIpc) is 2.65. The minimum atomic E-state index is -4.47.